The summed E-state index contributed by atoms with van der Waals surface area (Å²) in [6.45, 7) is 10.7. The molecule has 0 unspecified atom stereocenters. The van der Waals surface area contributed by atoms with Crippen LogP contribution in [-0.4, -0.2) is 26.6 Å². The maximum atomic E-state index is 4.55. The second-order valence-corrected chi connectivity index (χ2v) is 7.42. The Labute approximate surface area is 126 Å². The van der Waals surface area contributed by atoms with E-state index in [-0.39, 0.29) is 5.54 Å². The molecule has 2 aromatic rings. The molecule has 0 saturated carbocycles. The molecule has 20 heavy (non-hydrogen) atoms. The maximum Gasteiger partial charge on any atom is 0.140 e. The third-order valence-corrected chi connectivity index (χ3v) is 4.09. The Kier molecular flexibility index (Phi) is 5.11. The fraction of sp³-hybridized carbons (Fsp3) is 0.562. The summed E-state index contributed by atoms with van der Waals surface area (Å²) in [5.41, 5.74) is 2.58. The Morgan fingerprint density at radius 3 is 2.85 bits per heavy atom. The highest BCUT2D eigenvalue weighted by atomic mass is 32.2. The van der Waals surface area contributed by atoms with Gasteiger partial charge in [0.15, 0.2) is 0 Å². The molecule has 0 amide bonds. The van der Waals surface area contributed by atoms with Gasteiger partial charge in [-0.05, 0) is 44.2 Å². The Hall–Kier alpha value is -1.00. The Balaban J connectivity index is 2.21. The van der Waals surface area contributed by atoms with Gasteiger partial charge in [-0.25, -0.2) is 4.98 Å². The van der Waals surface area contributed by atoms with Gasteiger partial charge in [0.25, 0.3) is 0 Å². The van der Waals surface area contributed by atoms with Gasteiger partial charge < -0.3 is 9.88 Å². The van der Waals surface area contributed by atoms with E-state index in [4.69, 9.17) is 0 Å². The van der Waals surface area contributed by atoms with Crippen molar-refractivity contribution >= 4 is 22.8 Å². The summed E-state index contributed by atoms with van der Waals surface area (Å²) in [6, 6.07) is 4.19. The lowest BCUT2D eigenvalue weighted by Gasteiger charge is -2.20. The highest BCUT2D eigenvalue weighted by molar-refractivity contribution is 7.99. The molecule has 0 aliphatic heterocycles. The average molecular weight is 291 g/mol. The van der Waals surface area contributed by atoms with Crippen molar-refractivity contribution in [2.45, 2.75) is 46.3 Å². The predicted molar refractivity (Wildman–Crippen MR) is 89.3 cm³/mol. The number of nitrogens with zero attached hydrogens (tertiary/aromatic N) is 2. The van der Waals surface area contributed by atoms with E-state index in [0.717, 1.165) is 24.5 Å². The monoisotopic (exact) mass is 291 g/mol. The molecule has 0 aromatic carbocycles. The topological polar surface area (TPSA) is 29.9 Å². The van der Waals surface area contributed by atoms with Crippen LogP contribution in [0.1, 0.15) is 33.3 Å². The Morgan fingerprint density at radius 1 is 1.35 bits per heavy atom. The van der Waals surface area contributed by atoms with Gasteiger partial charge in [-0.2, -0.15) is 11.8 Å². The lowest BCUT2D eigenvalue weighted by atomic mass is 10.1. The number of aromatic nitrogens is 2. The molecule has 0 bridgehead atoms. The molecule has 0 radical (unpaired) electrons. The fourth-order valence-electron chi connectivity index (χ4n) is 2.17. The molecule has 110 valence electrons. The number of fused-ring (bicyclic) bond motifs is 1. The zero-order valence-corrected chi connectivity index (χ0v) is 13.8. The SMILES string of the molecule is CCSCCn1cc(CNC(C)(C)C)c2cccnc21. The number of hydrogen-bond acceptors (Lipinski definition) is 3. The zero-order valence-electron chi connectivity index (χ0n) is 12.9. The van der Waals surface area contributed by atoms with Crippen LogP contribution in [0, 0.1) is 0 Å². The first-order valence-corrected chi connectivity index (χ1v) is 8.42. The van der Waals surface area contributed by atoms with Crippen molar-refractivity contribution in [1.82, 2.24) is 14.9 Å². The number of aryl methyl sites for hydroxylation is 1. The molecule has 4 heteroatoms. The number of nitrogens with one attached hydrogen (secondary N) is 1. The first kappa shape index (κ1) is 15.4. The first-order chi connectivity index (χ1) is 9.51. The second kappa shape index (κ2) is 6.64. The van der Waals surface area contributed by atoms with Gasteiger partial charge >= 0.3 is 0 Å². The molecule has 2 heterocycles. The number of hydrogen-bond donors (Lipinski definition) is 1. The summed E-state index contributed by atoms with van der Waals surface area (Å²) < 4.78 is 2.29. The summed E-state index contributed by atoms with van der Waals surface area (Å²) in [5, 5.41) is 4.83. The van der Waals surface area contributed by atoms with Gasteiger partial charge in [0.2, 0.25) is 0 Å². The van der Waals surface area contributed by atoms with E-state index in [2.05, 4.69) is 54.8 Å². The van der Waals surface area contributed by atoms with Gasteiger partial charge in [-0.3, -0.25) is 0 Å². The number of rotatable bonds is 6. The van der Waals surface area contributed by atoms with Crippen molar-refractivity contribution in [1.29, 1.82) is 0 Å². The van der Waals surface area contributed by atoms with Gasteiger partial charge in [-0.1, -0.05) is 6.92 Å². The number of pyridine rings is 1. The van der Waals surface area contributed by atoms with Crippen molar-refractivity contribution in [3.05, 3.63) is 30.1 Å². The average Bonchev–Trinajstić information content (AvgIpc) is 2.75. The van der Waals surface area contributed by atoms with Crippen LogP contribution in [0.2, 0.25) is 0 Å². The van der Waals surface area contributed by atoms with Crippen LogP contribution in [0.15, 0.2) is 24.5 Å². The minimum atomic E-state index is 0.134. The third kappa shape index (κ3) is 4.00. The van der Waals surface area contributed by atoms with E-state index in [1.54, 1.807) is 0 Å². The van der Waals surface area contributed by atoms with E-state index in [1.165, 1.54) is 16.7 Å². The summed E-state index contributed by atoms with van der Waals surface area (Å²) in [6.07, 6.45) is 4.14. The Bertz CT molecular complexity index is 554. The second-order valence-electron chi connectivity index (χ2n) is 6.02. The smallest absolute Gasteiger partial charge is 0.140 e. The van der Waals surface area contributed by atoms with E-state index in [9.17, 15) is 0 Å². The van der Waals surface area contributed by atoms with Crippen molar-refractivity contribution in [3.8, 4) is 0 Å². The molecular formula is C16H25N3S. The van der Waals surface area contributed by atoms with Crippen molar-refractivity contribution in [2.75, 3.05) is 11.5 Å². The summed E-state index contributed by atoms with van der Waals surface area (Å²) in [7, 11) is 0. The predicted octanol–water partition coefficient (Wildman–Crippen LogP) is 3.68. The molecule has 2 aromatic heterocycles. The zero-order chi connectivity index (χ0) is 14.6. The van der Waals surface area contributed by atoms with E-state index in [0.29, 0.717) is 0 Å². The molecule has 2 rings (SSSR count). The van der Waals surface area contributed by atoms with Crippen LogP contribution in [-0.2, 0) is 13.1 Å². The minimum Gasteiger partial charge on any atom is -0.331 e. The largest absolute Gasteiger partial charge is 0.331 e. The van der Waals surface area contributed by atoms with Crippen LogP contribution in [0.5, 0.6) is 0 Å². The molecule has 0 aliphatic rings. The van der Waals surface area contributed by atoms with Crippen LogP contribution < -0.4 is 5.32 Å². The van der Waals surface area contributed by atoms with Crippen molar-refractivity contribution in [2.24, 2.45) is 0 Å². The quantitative estimate of drug-likeness (QED) is 0.823. The third-order valence-electron chi connectivity index (χ3n) is 3.21. The van der Waals surface area contributed by atoms with Crippen LogP contribution >= 0.6 is 11.8 Å². The highest BCUT2D eigenvalue weighted by Gasteiger charge is 2.13. The van der Waals surface area contributed by atoms with E-state index < -0.39 is 0 Å². The molecule has 1 N–H and O–H groups in total. The molecule has 0 aliphatic carbocycles. The fourth-order valence-corrected chi connectivity index (χ4v) is 2.79. The molecule has 0 spiro atoms. The van der Waals surface area contributed by atoms with Crippen molar-refractivity contribution in [3.63, 3.8) is 0 Å². The summed E-state index contributed by atoms with van der Waals surface area (Å²) >= 11 is 1.97. The summed E-state index contributed by atoms with van der Waals surface area (Å²) in [4.78, 5) is 4.55. The first-order valence-electron chi connectivity index (χ1n) is 7.27. The lowest BCUT2D eigenvalue weighted by Crippen LogP contribution is -2.34. The Morgan fingerprint density at radius 2 is 2.15 bits per heavy atom. The van der Waals surface area contributed by atoms with Gasteiger partial charge in [-0.15, -0.1) is 0 Å². The molecule has 0 atom stereocenters. The molecule has 0 fully saturated rings. The van der Waals surface area contributed by atoms with Crippen molar-refractivity contribution < 1.29 is 0 Å². The van der Waals surface area contributed by atoms with Gasteiger partial charge in [0.1, 0.15) is 5.65 Å². The van der Waals surface area contributed by atoms with Gasteiger partial charge in [0.05, 0.1) is 0 Å². The van der Waals surface area contributed by atoms with E-state index in [1.807, 2.05) is 24.0 Å². The van der Waals surface area contributed by atoms with Crippen LogP contribution in [0.25, 0.3) is 11.0 Å². The van der Waals surface area contributed by atoms with Gasteiger partial charge in [0, 0.05) is 42.2 Å². The maximum absolute atomic E-state index is 4.55. The number of thioether (sulfide) groups is 1. The lowest BCUT2D eigenvalue weighted by molar-refractivity contribution is 0.425. The standard InChI is InChI=1S/C16H25N3S/c1-5-20-10-9-19-12-13(11-18-16(2,3)4)14-7-6-8-17-15(14)19/h6-8,12,18H,5,9-11H2,1-4H3. The minimum absolute atomic E-state index is 0.134. The molecule has 0 saturated heterocycles. The summed E-state index contributed by atoms with van der Waals surface area (Å²) in [5.74, 6) is 2.31. The van der Waals surface area contributed by atoms with Crippen LogP contribution in [0.4, 0.5) is 0 Å². The van der Waals surface area contributed by atoms with Crippen LogP contribution in [0.3, 0.4) is 0 Å². The highest BCUT2D eigenvalue weighted by Crippen LogP contribution is 2.20. The van der Waals surface area contributed by atoms with E-state index >= 15 is 0 Å². The normalized spacial score (nSPS) is 12.2. The molecule has 3 nitrogen and oxygen atoms in total. The molecular weight excluding hydrogens is 266 g/mol.